The Morgan fingerprint density at radius 2 is 1.94 bits per heavy atom. The van der Waals surface area contributed by atoms with Gasteiger partial charge in [-0.1, -0.05) is 0 Å². The molecule has 8 nitrogen and oxygen atoms in total. The van der Waals surface area contributed by atoms with E-state index in [2.05, 4.69) is 5.32 Å². The monoisotopic (exact) mass is 437 g/mol. The number of hydrogen-bond donors (Lipinski definition) is 2. The summed E-state index contributed by atoms with van der Waals surface area (Å²) in [7, 11) is 0. The smallest absolute Gasteiger partial charge is 0.276 e. The number of fused-ring (bicyclic) bond motifs is 3. The SMILES string of the molecule is CCN1C(=O)c2c(O)c(=O)c(C(=O)NCc3c(F)cc(F)cc3F)cn2C2CCOC21. The van der Waals surface area contributed by atoms with Crippen LogP contribution in [0.15, 0.2) is 23.1 Å². The molecule has 3 heterocycles. The van der Waals surface area contributed by atoms with Crippen LogP contribution in [-0.2, 0) is 11.3 Å². The zero-order valence-electron chi connectivity index (χ0n) is 16.3. The van der Waals surface area contributed by atoms with Crippen LogP contribution in [0.5, 0.6) is 5.75 Å². The predicted octanol–water partition coefficient (Wildman–Crippen LogP) is 1.66. The van der Waals surface area contributed by atoms with Crippen molar-refractivity contribution in [1.82, 2.24) is 14.8 Å². The highest BCUT2D eigenvalue weighted by atomic mass is 19.1. The maximum absolute atomic E-state index is 13.8. The molecular weight excluding hydrogens is 419 g/mol. The number of nitrogens with one attached hydrogen (secondary N) is 1. The summed E-state index contributed by atoms with van der Waals surface area (Å²) >= 11 is 0. The maximum atomic E-state index is 13.8. The summed E-state index contributed by atoms with van der Waals surface area (Å²) in [6.07, 6.45) is 1.02. The van der Waals surface area contributed by atoms with Crippen LogP contribution in [0.3, 0.4) is 0 Å². The molecule has 1 saturated heterocycles. The number of hydrogen-bond acceptors (Lipinski definition) is 5. The largest absolute Gasteiger partial charge is 0.503 e. The lowest BCUT2D eigenvalue weighted by molar-refractivity contribution is -0.0328. The van der Waals surface area contributed by atoms with Gasteiger partial charge >= 0.3 is 0 Å². The van der Waals surface area contributed by atoms with Crippen LogP contribution < -0.4 is 10.7 Å². The first-order valence-electron chi connectivity index (χ1n) is 9.56. The van der Waals surface area contributed by atoms with Crippen LogP contribution in [0.4, 0.5) is 13.2 Å². The van der Waals surface area contributed by atoms with Crippen LogP contribution in [0.2, 0.25) is 0 Å². The molecule has 1 aromatic heterocycles. The van der Waals surface area contributed by atoms with Crippen molar-refractivity contribution >= 4 is 11.8 Å². The highest BCUT2D eigenvalue weighted by Crippen LogP contribution is 2.36. The molecule has 1 aromatic carbocycles. The molecule has 0 saturated carbocycles. The van der Waals surface area contributed by atoms with Gasteiger partial charge in [0.1, 0.15) is 23.0 Å². The topological polar surface area (TPSA) is 101 Å². The summed E-state index contributed by atoms with van der Waals surface area (Å²) in [5.41, 5.74) is -2.43. The molecule has 0 spiro atoms. The third kappa shape index (κ3) is 3.34. The first-order chi connectivity index (χ1) is 14.7. The fraction of sp³-hybridized carbons (Fsp3) is 0.350. The Bertz CT molecular complexity index is 1130. The van der Waals surface area contributed by atoms with Gasteiger partial charge in [0.2, 0.25) is 5.43 Å². The van der Waals surface area contributed by atoms with Crippen molar-refractivity contribution in [3.63, 3.8) is 0 Å². The molecule has 31 heavy (non-hydrogen) atoms. The van der Waals surface area contributed by atoms with E-state index in [1.807, 2.05) is 0 Å². The first-order valence-corrected chi connectivity index (χ1v) is 9.56. The Morgan fingerprint density at radius 1 is 1.26 bits per heavy atom. The van der Waals surface area contributed by atoms with Crippen LogP contribution in [0.1, 0.15) is 45.8 Å². The molecule has 2 aliphatic rings. The summed E-state index contributed by atoms with van der Waals surface area (Å²) in [5, 5.41) is 12.6. The van der Waals surface area contributed by atoms with Gasteiger partial charge in [-0.2, -0.15) is 0 Å². The molecule has 11 heteroatoms. The Hall–Kier alpha value is -3.34. The highest BCUT2D eigenvalue weighted by Gasteiger charge is 2.44. The Balaban J connectivity index is 1.69. The number of ether oxygens (including phenoxy) is 1. The van der Waals surface area contributed by atoms with E-state index in [4.69, 9.17) is 4.74 Å². The molecule has 0 bridgehead atoms. The lowest BCUT2D eigenvalue weighted by Gasteiger charge is -2.38. The Kier molecular flexibility index (Phi) is 5.21. The van der Waals surface area contributed by atoms with E-state index in [1.54, 1.807) is 6.92 Å². The number of likely N-dealkylation sites (N-methyl/N-ethyl adjacent to an activating group) is 1. The van der Waals surface area contributed by atoms with Gasteiger partial charge in [0.25, 0.3) is 11.8 Å². The molecule has 0 aliphatic carbocycles. The molecule has 2 N–H and O–H groups in total. The fourth-order valence-corrected chi connectivity index (χ4v) is 3.97. The Morgan fingerprint density at radius 3 is 2.58 bits per heavy atom. The molecule has 0 radical (unpaired) electrons. The van der Waals surface area contributed by atoms with Crippen molar-refractivity contribution in [2.75, 3.05) is 13.2 Å². The fourth-order valence-electron chi connectivity index (χ4n) is 3.97. The van der Waals surface area contributed by atoms with Crippen molar-refractivity contribution in [2.24, 2.45) is 0 Å². The first kappa shape index (κ1) is 20.9. The van der Waals surface area contributed by atoms with Crippen molar-refractivity contribution in [2.45, 2.75) is 32.2 Å². The van der Waals surface area contributed by atoms with Crippen LogP contribution in [-0.4, -0.2) is 45.8 Å². The van der Waals surface area contributed by atoms with Gasteiger partial charge in [-0.15, -0.1) is 0 Å². The number of amides is 2. The summed E-state index contributed by atoms with van der Waals surface area (Å²) in [6.45, 7) is 1.72. The molecular formula is C20H18F3N3O5. The van der Waals surface area contributed by atoms with E-state index in [1.165, 1.54) is 9.47 Å². The molecule has 4 rings (SSSR count). The second kappa shape index (κ2) is 7.73. The lowest BCUT2D eigenvalue weighted by Crippen LogP contribution is -2.50. The third-order valence-corrected chi connectivity index (χ3v) is 5.49. The number of carbonyl (C=O) groups is 2. The van der Waals surface area contributed by atoms with Gasteiger partial charge < -0.3 is 24.6 Å². The number of benzene rings is 1. The molecule has 2 amide bonds. The molecule has 2 aromatic rings. The number of nitrogens with zero attached hydrogens (tertiary/aromatic N) is 2. The summed E-state index contributed by atoms with van der Waals surface area (Å²) in [6, 6.07) is 0.517. The molecule has 2 aliphatic heterocycles. The predicted molar refractivity (Wildman–Crippen MR) is 100.0 cm³/mol. The van der Waals surface area contributed by atoms with Crippen molar-refractivity contribution in [3.05, 3.63) is 62.8 Å². The van der Waals surface area contributed by atoms with Gasteiger partial charge in [-0.05, 0) is 13.3 Å². The minimum absolute atomic E-state index is 0.245. The summed E-state index contributed by atoms with van der Waals surface area (Å²) in [4.78, 5) is 39.3. The van der Waals surface area contributed by atoms with Crippen molar-refractivity contribution in [1.29, 1.82) is 0 Å². The van der Waals surface area contributed by atoms with Crippen LogP contribution in [0.25, 0.3) is 0 Å². The van der Waals surface area contributed by atoms with E-state index in [0.717, 1.165) is 6.20 Å². The quantitative estimate of drug-likeness (QED) is 0.758. The molecule has 2 unspecified atom stereocenters. The number of halogens is 3. The minimum Gasteiger partial charge on any atom is -0.503 e. The zero-order chi connectivity index (χ0) is 22.4. The zero-order valence-corrected chi connectivity index (χ0v) is 16.3. The second-order valence-electron chi connectivity index (χ2n) is 7.22. The van der Waals surface area contributed by atoms with E-state index >= 15 is 0 Å². The molecule has 164 valence electrons. The average molecular weight is 437 g/mol. The van der Waals surface area contributed by atoms with Crippen molar-refractivity contribution in [3.8, 4) is 5.75 Å². The normalized spacial score (nSPS) is 19.9. The lowest BCUT2D eigenvalue weighted by atomic mass is 10.1. The number of pyridine rings is 1. The second-order valence-corrected chi connectivity index (χ2v) is 7.22. The van der Waals surface area contributed by atoms with Gasteiger partial charge in [0, 0.05) is 37.0 Å². The summed E-state index contributed by atoms with van der Waals surface area (Å²) < 4.78 is 47.6. The van der Waals surface area contributed by atoms with Gasteiger partial charge in [0.15, 0.2) is 17.7 Å². The third-order valence-electron chi connectivity index (χ3n) is 5.49. The Labute approximate surface area is 173 Å². The van der Waals surface area contributed by atoms with E-state index in [-0.39, 0.29) is 5.69 Å². The molecule has 2 atom stereocenters. The van der Waals surface area contributed by atoms with Gasteiger partial charge in [-0.25, -0.2) is 13.2 Å². The number of carbonyl (C=O) groups excluding carboxylic acids is 2. The molecule has 1 fully saturated rings. The number of rotatable bonds is 4. The van der Waals surface area contributed by atoms with E-state index in [0.29, 0.717) is 31.7 Å². The number of aromatic nitrogens is 1. The average Bonchev–Trinajstić information content (AvgIpc) is 3.19. The maximum Gasteiger partial charge on any atom is 0.276 e. The van der Waals surface area contributed by atoms with Gasteiger partial charge in [-0.3, -0.25) is 14.4 Å². The standard InChI is InChI=1S/C20H18F3N3O5/c1-2-25-19(30)15-17(28)16(27)11(8-26(15)14-3-4-31-20(14)25)18(29)24-7-10-12(22)5-9(21)6-13(10)23/h5-6,8,14,20,28H,2-4,7H2,1H3,(H,24,29). The van der Waals surface area contributed by atoms with Crippen LogP contribution in [0, 0.1) is 17.5 Å². The summed E-state index contributed by atoms with van der Waals surface area (Å²) in [5.74, 6) is -6.01. The van der Waals surface area contributed by atoms with Crippen LogP contribution >= 0.6 is 0 Å². The van der Waals surface area contributed by atoms with E-state index < -0.39 is 70.4 Å². The van der Waals surface area contributed by atoms with Crippen molar-refractivity contribution < 1.29 is 32.6 Å². The van der Waals surface area contributed by atoms with Gasteiger partial charge in [0.05, 0.1) is 12.6 Å². The minimum atomic E-state index is -1.20. The number of aromatic hydroxyl groups is 1. The highest BCUT2D eigenvalue weighted by molar-refractivity contribution is 5.99. The van der Waals surface area contributed by atoms with E-state index in [9.17, 15) is 32.7 Å².